The molecule has 0 radical (unpaired) electrons. The number of aromatic nitrogens is 4. The summed E-state index contributed by atoms with van der Waals surface area (Å²) in [5.41, 5.74) is 3.41. The van der Waals surface area contributed by atoms with Crippen molar-refractivity contribution >= 4 is 22.6 Å². The molecule has 4 rings (SSSR count). The number of fused-ring (bicyclic) bond motifs is 1. The zero-order valence-electron chi connectivity index (χ0n) is 13.3. The second-order valence-electron chi connectivity index (χ2n) is 5.45. The van der Waals surface area contributed by atoms with Crippen LogP contribution in [0.3, 0.4) is 0 Å². The van der Waals surface area contributed by atoms with Gasteiger partial charge in [0.25, 0.3) is 5.91 Å². The third kappa shape index (κ3) is 3.07. The van der Waals surface area contributed by atoms with E-state index in [2.05, 4.69) is 25.5 Å². The van der Waals surface area contributed by atoms with E-state index < -0.39 is 5.91 Å². The van der Waals surface area contributed by atoms with E-state index in [1.807, 2.05) is 31.2 Å². The van der Waals surface area contributed by atoms with Crippen molar-refractivity contribution in [3.63, 3.8) is 0 Å². The van der Waals surface area contributed by atoms with Crippen molar-refractivity contribution in [2.45, 2.75) is 6.92 Å². The number of para-hydroxylation sites is 1. The highest BCUT2D eigenvalue weighted by atomic mass is 16.3. The minimum atomic E-state index is -0.431. The molecule has 0 saturated heterocycles. The number of carbonyl (C=O) groups is 1. The number of amides is 1. The molecular weight excluding hydrogens is 318 g/mol. The second kappa shape index (κ2) is 6.12. The number of hydrogen-bond acceptors (Lipinski definition) is 6. The lowest BCUT2D eigenvalue weighted by atomic mass is 10.2. The topological polar surface area (TPSA) is 93.8 Å². The average molecular weight is 331 g/mol. The van der Waals surface area contributed by atoms with Gasteiger partial charge in [0.15, 0.2) is 0 Å². The fourth-order valence-corrected chi connectivity index (χ4v) is 2.38. The molecule has 0 bridgehead atoms. The van der Waals surface area contributed by atoms with Crippen LogP contribution in [0, 0.1) is 6.92 Å². The van der Waals surface area contributed by atoms with Crippen molar-refractivity contribution in [3.05, 3.63) is 66.3 Å². The Morgan fingerprint density at radius 1 is 1.00 bits per heavy atom. The number of nitrogens with zero attached hydrogens (tertiary/aromatic N) is 4. The number of aryl methyl sites for hydroxylation is 1. The third-order valence-electron chi connectivity index (χ3n) is 3.55. The van der Waals surface area contributed by atoms with E-state index in [1.54, 1.807) is 30.5 Å². The summed E-state index contributed by atoms with van der Waals surface area (Å²) < 4.78 is 5.38. The first kappa shape index (κ1) is 14.9. The summed E-state index contributed by atoms with van der Waals surface area (Å²) in [5.74, 6) is 0.0762. The number of rotatable bonds is 3. The SMILES string of the molecule is Cc1coc(-c2cccc(NC(=O)c3nnc4ccccc4n3)c2)n1. The molecule has 7 heteroatoms. The van der Waals surface area contributed by atoms with Crippen LogP contribution in [0.5, 0.6) is 0 Å². The molecule has 0 unspecified atom stereocenters. The van der Waals surface area contributed by atoms with E-state index in [9.17, 15) is 4.79 Å². The molecule has 0 aliphatic heterocycles. The van der Waals surface area contributed by atoms with E-state index in [1.165, 1.54) is 0 Å². The van der Waals surface area contributed by atoms with Crippen molar-refractivity contribution < 1.29 is 9.21 Å². The lowest BCUT2D eigenvalue weighted by Crippen LogP contribution is -2.16. The molecule has 2 heterocycles. The quantitative estimate of drug-likeness (QED) is 0.619. The molecule has 2 aromatic heterocycles. The Bertz CT molecular complexity index is 1070. The molecule has 0 spiro atoms. The Kier molecular flexibility index (Phi) is 3.66. The van der Waals surface area contributed by atoms with Gasteiger partial charge >= 0.3 is 0 Å². The van der Waals surface area contributed by atoms with Crippen LogP contribution in [-0.4, -0.2) is 26.1 Å². The number of carbonyl (C=O) groups excluding carboxylic acids is 1. The molecule has 4 aromatic rings. The summed E-state index contributed by atoms with van der Waals surface area (Å²) in [6.45, 7) is 1.85. The normalized spacial score (nSPS) is 10.8. The first-order valence-corrected chi connectivity index (χ1v) is 7.62. The van der Waals surface area contributed by atoms with Gasteiger partial charge < -0.3 is 9.73 Å². The molecule has 25 heavy (non-hydrogen) atoms. The molecule has 0 saturated carbocycles. The summed E-state index contributed by atoms with van der Waals surface area (Å²) in [7, 11) is 0. The maximum atomic E-state index is 12.4. The molecule has 0 aliphatic rings. The number of nitrogens with one attached hydrogen (secondary N) is 1. The van der Waals surface area contributed by atoms with Crippen molar-refractivity contribution in [1.29, 1.82) is 0 Å². The van der Waals surface area contributed by atoms with Gasteiger partial charge in [-0.15, -0.1) is 10.2 Å². The van der Waals surface area contributed by atoms with Gasteiger partial charge in [-0.3, -0.25) is 4.79 Å². The number of benzene rings is 2. The van der Waals surface area contributed by atoms with Gasteiger partial charge in [-0.1, -0.05) is 18.2 Å². The first-order valence-electron chi connectivity index (χ1n) is 7.62. The predicted octanol–water partition coefficient (Wildman–Crippen LogP) is 3.24. The second-order valence-corrected chi connectivity index (χ2v) is 5.45. The van der Waals surface area contributed by atoms with Crippen molar-refractivity contribution in [1.82, 2.24) is 20.2 Å². The Labute approximate surface area is 142 Å². The standard InChI is InChI=1S/C18H13N5O2/c1-11-10-25-18(19-11)12-5-4-6-13(9-12)20-17(24)16-21-14-7-2-3-8-15(14)22-23-16/h2-10H,1H3,(H,20,24). The monoisotopic (exact) mass is 331 g/mol. The van der Waals surface area contributed by atoms with E-state index in [0.29, 0.717) is 22.6 Å². The zero-order valence-corrected chi connectivity index (χ0v) is 13.3. The van der Waals surface area contributed by atoms with Crippen LogP contribution in [0.1, 0.15) is 16.3 Å². The van der Waals surface area contributed by atoms with Gasteiger partial charge in [0.1, 0.15) is 11.8 Å². The first-order chi connectivity index (χ1) is 12.2. The summed E-state index contributed by atoms with van der Waals surface area (Å²) in [5, 5.41) is 10.7. The molecule has 7 nitrogen and oxygen atoms in total. The van der Waals surface area contributed by atoms with Gasteiger partial charge in [-0.2, -0.15) is 0 Å². The molecule has 1 amide bonds. The van der Waals surface area contributed by atoms with Gasteiger partial charge in [0.2, 0.25) is 11.7 Å². The Balaban J connectivity index is 1.59. The van der Waals surface area contributed by atoms with Gasteiger partial charge in [0.05, 0.1) is 11.2 Å². The van der Waals surface area contributed by atoms with Crippen LogP contribution >= 0.6 is 0 Å². The third-order valence-corrected chi connectivity index (χ3v) is 3.55. The molecule has 2 aromatic carbocycles. The number of anilines is 1. The predicted molar refractivity (Wildman–Crippen MR) is 92.0 cm³/mol. The molecule has 0 fully saturated rings. The Morgan fingerprint density at radius 3 is 2.64 bits per heavy atom. The highest BCUT2D eigenvalue weighted by Gasteiger charge is 2.12. The van der Waals surface area contributed by atoms with E-state index in [0.717, 1.165) is 11.3 Å². The number of oxazole rings is 1. The molecule has 1 N–H and O–H groups in total. The maximum absolute atomic E-state index is 12.4. The smallest absolute Gasteiger partial charge is 0.295 e. The fraction of sp³-hybridized carbons (Fsp3) is 0.0556. The number of hydrogen-bond donors (Lipinski definition) is 1. The zero-order chi connectivity index (χ0) is 17.2. The van der Waals surface area contributed by atoms with E-state index in [4.69, 9.17) is 4.42 Å². The maximum Gasteiger partial charge on any atom is 0.295 e. The van der Waals surface area contributed by atoms with Crippen LogP contribution in [0.15, 0.2) is 59.2 Å². The molecular formula is C18H13N5O2. The summed E-state index contributed by atoms with van der Waals surface area (Å²) in [6, 6.07) is 14.5. The van der Waals surface area contributed by atoms with Crippen molar-refractivity contribution in [2.75, 3.05) is 5.32 Å². The fourth-order valence-electron chi connectivity index (χ4n) is 2.38. The van der Waals surface area contributed by atoms with Crippen LogP contribution < -0.4 is 5.32 Å². The van der Waals surface area contributed by atoms with E-state index in [-0.39, 0.29) is 5.82 Å². The van der Waals surface area contributed by atoms with Gasteiger partial charge in [-0.25, -0.2) is 9.97 Å². The lowest BCUT2D eigenvalue weighted by molar-refractivity contribution is 0.101. The van der Waals surface area contributed by atoms with E-state index >= 15 is 0 Å². The highest BCUT2D eigenvalue weighted by Crippen LogP contribution is 2.22. The van der Waals surface area contributed by atoms with Gasteiger partial charge in [-0.05, 0) is 37.3 Å². The lowest BCUT2D eigenvalue weighted by Gasteiger charge is -2.05. The summed E-state index contributed by atoms with van der Waals surface area (Å²) >= 11 is 0. The molecule has 0 atom stereocenters. The van der Waals surface area contributed by atoms with Crippen molar-refractivity contribution in [3.8, 4) is 11.5 Å². The highest BCUT2D eigenvalue weighted by molar-refractivity contribution is 6.02. The van der Waals surface area contributed by atoms with Crippen molar-refractivity contribution in [2.24, 2.45) is 0 Å². The Morgan fingerprint density at radius 2 is 1.84 bits per heavy atom. The molecule has 122 valence electrons. The van der Waals surface area contributed by atoms with Crippen LogP contribution in [0.2, 0.25) is 0 Å². The van der Waals surface area contributed by atoms with Gasteiger partial charge in [0, 0.05) is 11.3 Å². The van der Waals surface area contributed by atoms with Crippen LogP contribution in [0.25, 0.3) is 22.5 Å². The minimum absolute atomic E-state index is 0.0103. The summed E-state index contributed by atoms with van der Waals surface area (Å²) in [6.07, 6.45) is 1.58. The van der Waals surface area contributed by atoms with Crippen LogP contribution in [-0.2, 0) is 0 Å². The average Bonchev–Trinajstić information content (AvgIpc) is 3.08. The Hall–Kier alpha value is -3.61. The minimum Gasteiger partial charge on any atom is -0.444 e. The molecule has 0 aliphatic carbocycles. The summed E-state index contributed by atoms with van der Waals surface area (Å²) in [4.78, 5) is 20.9. The van der Waals surface area contributed by atoms with Crippen LogP contribution in [0.4, 0.5) is 5.69 Å². The largest absolute Gasteiger partial charge is 0.444 e.